The average Bonchev–Trinajstić information content (AvgIpc) is 2.27. The molecule has 6 heteroatoms. The van der Waals surface area contributed by atoms with Crippen molar-refractivity contribution < 1.29 is 24.6 Å². The van der Waals surface area contributed by atoms with E-state index in [1.807, 2.05) is 0 Å². The number of hydrogen-bond donors (Lipinski definition) is 3. The molecule has 0 rings (SSSR count). The Bertz CT molecular complexity index is 316. The zero-order chi connectivity index (χ0) is 14.2. The van der Waals surface area contributed by atoms with Crippen LogP contribution in [0.2, 0.25) is 0 Å². The van der Waals surface area contributed by atoms with Crippen LogP contribution in [0.15, 0.2) is 0 Å². The maximum absolute atomic E-state index is 11.7. The number of nitrogens with two attached hydrogens (primary N) is 1. The summed E-state index contributed by atoms with van der Waals surface area (Å²) in [6.07, 6.45) is 2.27. The van der Waals surface area contributed by atoms with Crippen molar-refractivity contribution in [2.45, 2.75) is 57.4 Å². The molecule has 6 nitrogen and oxygen atoms in total. The smallest absolute Gasteiger partial charge is 0.331 e. The van der Waals surface area contributed by atoms with E-state index in [4.69, 9.17) is 15.9 Å². The van der Waals surface area contributed by atoms with Crippen LogP contribution in [-0.4, -0.2) is 33.5 Å². The number of ketones is 1. The predicted octanol–water partition coefficient (Wildman–Crippen LogP) is 1.17. The summed E-state index contributed by atoms with van der Waals surface area (Å²) in [5, 5.41) is 17.5. The van der Waals surface area contributed by atoms with Gasteiger partial charge in [-0.2, -0.15) is 0 Å². The van der Waals surface area contributed by atoms with Crippen molar-refractivity contribution in [3.63, 3.8) is 0 Å². The molecule has 0 aliphatic carbocycles. The first kappa shape index (κ1) is 16.6. The largest absolute Gasteiger partial charge is 0.481 e. The van der Waals surface area contributed by atoms with E-state index in [0.717, 1.165) is 0 Å². The first-order valence-electron chi connectivity index (χ1n) is 6.12. The maximum atomic E-state index is 11.7. The summed E-state index contributed by atoms with van der Waals surface area (Å²) in [5.74, 6) is -2.65. The minimum atomic E-state index is -1.82. The summed E-state index contributed by atoms with van der Waals surface area (Å²) in [6, 6.07) is 0. The molecular weight excluding hydrogens is 238 g/mol. The molecule has 0 radical (unpaired) electrons. The molecule has 104 valence electrons. The number of carboxylic acid groups (broad SMARTS) is 2. The molecule has 1 atom stereocenters. The van der Waals surface area contributed by atoms with E-state index in [-0.39, 0.29) is 19.3 Å². The van der Waals surface area contributed by atoms with Crippen molar-refractivity contribution in [3.8, 4) is 0 Å². The van der Waals surface area contributed by atoms with Gasteiger partial charge in [0.05, 0.1) is 0 Å². The molecule has 0 saturated carbocycles. The standard InChI is InChI=1S/C12H21NO5/c1-2-6-9(14)12(13,11(17)18)8-5-3-4-7-10(15)16/h2-8,13H2,1H3,(H,15,16)(H,17,18). The van der Waals surface area contributed by atoms with Gasteiger partial charge in [-0.3, -0.25) is 9.59 Å². The van der Waals surface area contributed by atoms with Crippen LogP contribution in [0, 0.1) is 0 Å². The van der Waals surface area contributed by atoms with Gasteiger partial charge in [0, 0.05) is 12.8 Å². The minimum absolute atomic E-state index is 0.0492. The number of carbonyl (C=O) groups is 3. The molecule has 0 aliphatic rings. The summed E-state index contributed by atoms with van der Waals surface area (Å²) in [7, 11) is 0. The molecule has 0 heterocycles. The Morgan fingerprint density at radius 1 is 1.06 bits per heavy atom. The summed E-state index contributed by atoms with van der Waals surface area (Å²) < 4.78 is 0. The number of rotatable bonds is 10. The van der Waals surface area contributed by atoms with Gasteiger partial charge < -0.3 is 15.9 Å². The van der Waals surface area contributed by atoms with E-state index < -0.39 is 23.3 Å². The molecule has 4 N–H and O–H groups in total. The summed E-state index contributed by atoms with van der Waals surface area (Å²) >= 11 is 0. The van der Waals surface area contributed by atoms with Crippen LogP contribution in [0.1, 0.15) is 51.9 Å². The van der Waals surface area contributed by atoms with Crippen LogP contribution in [0.4, 0.5) is 0 Å². The van der Waals surface area contributed by atoms with Crippen molar-refractivity contribution in [1.29, 1.82) is 0 Å². The Hall–Kier alpha value is -1.43. The second kappa shape index (κ2) is 7.81. The third-order valence-corrected chi connectivity index (χ3v) is 2.82. The van der Waals surface area contributed by atoms with Crippen LogP contribution in [0.25, 0.3) is 0 Å². The zero-order valence-electron chi connectivity index (χ0n) is 10.6. The number of unbranched alkanes of at least 4 members (excludes halogenated alkanes) is 2. The molecule has 0 spiro atoms. The fourth-order valence-electron chi connectivity index (χ4n) is 1.67. The van der Waals surface area contributed by atoms with Gasteiger partial charge in [-0.25, -0.2) is 4.79 Å². The van der Waals surface area contributed by atoms with Gasteiger partial charge in [-0.05, 0) is 19.3 Å². The molecule has 0 aromatic rings. The van der Waals surface area contributed by atoms with E-state index in [2.05, 4.69) is 0 Å². The second-order valence-corrected chi connectivity index (χ2v) is 4.40. The lowest BCUT2D eigenvalue weighted by molar-refractivity contribution is -0.149. The molecule has 0 amide bonds. The van der Waals surface area contributed by atoms with Gasteiger partial charge in [-0.15, -0.1) is 0 Å². The first-order chi connectivity index (χ1) is 8.34. The minimum Gasteiger partial charge on any atom is -0.481 e. The normalized spacial score (nSPS) is 13.9. The summed E-state index contributed by atoms with van der Waals surface area (Å²) in [4.78, 5) is 33.0. The fourth-order valence-corrected chi connectivity index (χ4v) is 1.67. The van der Waals surface area contributed by atoms with Gasteiger partial charge >= 0.3 is 11.9 Å². The number of aliphatic carboxylic acids is 2. The Kier molecular flexibility index (Phi) is 7.19. The Morgan fingerprint density at radius 2 is 1.67 bits per heavy atom. The van der Waals surface area contributed by atoms with E-state index in [1.165, 1.54) is 0 Å². The quantitative estimate of drug-likeness (QED) is 0.400. The Labute approximate surface area is 106 Å². The van der Waals surface area contributed by atoms with Crippen LogP contribution in [-0.2, 0) is 14.4 Å². The first-order valence-corrected chi connectivity index (χ1v) is 6.12. The summed E-state index contributed by atoms with van der Waals surface area (Å²) in [6.45, 7) is 1.78. The van der Waals surface area contributed by atoms with Crippen molar-refractivity contribution in [3.05, 3.63) is 0 Å². The van der Waals surface area contributed by atoms with Crippen molar-refractivity contribution in [1.82, 2.24) is 0 Å². The third-order valence-electron chi connectivity index (χ3n) is 2.82. The molecular formula is C12H21NO5. The van der Waals surface area contributed by atoms with Crippen LogP contribution in [0.5, 0.6) is 0 Å². The van der Waals surface area contributed by atoms with E-state index in [0.29, 0.717) is 25.7 Å². The second-order valence-electron chi connectivity index (χ2n) is 4.40. The van der Waals surface area contributed by atoms with Crippen molar-refractivity contribution >= 4 is 17.7 Å². The highest BCUT2D eigenvalue weighted by Crippen LogP contribution is 2.17. The van der Waals surface area contributed by atoms with E-state index >= 15 is 0 Å². The average molecular weight is 259 g/mol. The van der Waals surface area contributed by atoms with Crippen LogP contribution < -0.4 is 5.73 Å². The van der Waals surface area contributed by atoms with E-state index in [9.17, 15) is 14.4 Å². The van der Waals surface area contributed by atoms with Gasteiger partial charge in [-0.1, -0.05) is 19.8 Å². The summed E-state index contributed by atoms with van der Waals surface area (Å²) in [5.41, 5.74) is 3.83. The highest BCUT2D eigenvalue weighted by Gasteiger charge is 2.40. The number of carbonyl (C=O) groups excluding carboxylic acids is 1. The predicted molar refractivity (Wildman–Crippen MR) is 65.2 cm³/mol. The zero-order valence-corrected chi connectivity index (χ0v) is 10.6. The molecule has 1 unspecified atom stereocenters. The van der Waals surface area contributed by atoms with Crippen LogP contribution >= 0.6 is 0 Å². The molecule has 0 saturated heterocycles. The lowest BCUT2D eigenvalue weighted by Crippen LogP contribution is -2.54. The monoisotopic (exact) mass is 259 g/mol. The number of Topliss-reactive ketones (excluding diaryl/α,β-unsaturated/α-hetero) is 1. The lowest BCUT2D eigenvalue weighted by Gasteiger charge is -2.22. The lowest BCUT2D eigenvalue weighted by atomic mass is 9.86. The van der Waals surface area contributed by atoms with Crippen molar-refractivity contribution in [2.24, 2.45) is 5.73 Å². The van der Waals surface area contributed by atoms with Gasteiger partial charge in [0.2, 0.25) is 0 Å². The molecule has 0 aromatic heterocycles. The highest BCUT2D eigenvalue weighted by molar-refractivity contribution is 6.07. The van der Waals surface area contributed by atoms with E-state index in [1.54, 1.807) is 6.92 Å². The third kappa shape index (κ3) is 5.27. The highest BCUT2D eigenvalue weighted by atomic mass is 16.4. The molecule has 0 bridgehead atoms. The molecule has 18 heavy (non-hydrogen) atoms. The van der Waals surface area contributed by atoms with Gasteiger partial charge in [0.15, 0.2) is 11.3 Å². The van der Waals surface area contributed by atoms with Crippen LogP contribution in [0.3, 0.4) is 0 Å². The fraction of sp³-hybridized carbons (Fsp3) is 0.750. The van der Waals surface area contributed by atoms with Gasteiger partial charge in [0.25, 0.3) is 0 Å². The Balaban J connectivity index is 4.24. The van der Waals surface area contributed by atoms with Crippen molar-refractivity contribution in [2.75, 3.05) is 0 Å². The molecule has 0 aromatic carbocycles. The van der Waals surface area contributed by atoms with Gasteiger partial charge in [0.1, 0.15) is 0 Å². The topological polar surface area (TPSA) is 118 Å². The molecule has 0 aliphatic heterocycles. The Morgan fingerprint density at radius 3 is 2.11 bits per heavy atom. The number of hydrogen-bond acceptors (Lipinski definition) is 4. The maximum Gasteiger partial charge on any atom is 0.331 e. The SMILES string of the molecule is CCCC(=O)C(N)(CCCCCC(=O)O)C(=O)O. The number of carboxylic acids is 2. The molecule has 0 fully saturated rings.